The number of carbonyl (C=O) groups is 1. The van der Waals surface area contributed by atoms with Crippen molar-refractivity contribution >= 4 is 18.3 Å². The number of rotatable bonds is 2. The van der Waals surface area contributed by atoms with Gasteiger partial charge < -0.3 is 15.4 Å². The SMILES string of the molecule is Cl.NCC1CN(C(=O)c2cccc(F)c2F)CCO1. The number of hydrogen-bond donors (Lipinski definition) is 1. The molecule has 0 aliphatic carbocycles. The van der Waals surface area contributed by atoms with Crippen molar-refractivity contribution in [3.8, 4) is 0 Å². The van der Waals surface area contributed by atoms with E-state index in [1.165, 1.54) is 17.0 Å². The minimum atomic E-state index is -1.11. The van der Waals surface area contributed by atoms with E-state index in [0.29, 0.717) is 19.7 Å². The van der Waals surface area contributed by atoms with Gasteiger partial charge in [0.25, 0.3) is 5.91 Å². The van der Waals surface area contributed by atoms with Gasteiger partial charge >= 0.3 is 0 Å². The van der Waals surface area contributed by atoms with Gasteiger partial charge in [-0.05, 0) is 12.1 Å². The van der Waals surface area contributed by atoms with Gasteiger partial charge in [-0.15, -0.1) is 12.4 Å². The molecule has 0 saturated carbocycles. The van der Waals surface area contributed by atoms with Crippen molar-refractivity contribution in [2.75, 3.05) is 26.2 Å². The minimum absolute atomic E-state index is 0. The first-order chi connectivity index (χ1) is 8.63. The van der Waals surface area contributed by atoms with Gasteiger partial charge in [0.1, 0.15) is 0 Å². The molecule has 1 atom stereocenters. The Morgan fingerprint density at radius 1 is 1.47 bits per heavy atom. The fourth-order valence-corrected chi connectivity index (χ4v) is 1.89. The Labute approximate surface area is 115 Å². The molecule has 106 valence electrons. The molecule has 0 radical (unpaired) electrons. The fraction of sp³-hybridized carbons (Fsp3) is 0.417. The highest BCUT2D eigenvalue weighted by Crippen LogP contribution is 2.15. The highest BCUT2D eigenvalue weighted by molar-refractivity contribution is 5.94. The fourth-order valence-electron chi connectivity index (χ4n) is 1.89. The van der Waals surface area contributed by atoms with E-state index >= 15 is 0 Å². The smallest absolute Gasteiger partial charge is 0.257 e. The zero-order valence-electron chi connectivity index (χ0n) is 10.1. The van der Waals surface area contributed by atoms with E-state index in [1.54, 1.807) is 0 Å². The van der Waals surface area contributed by atoms with Gasteiger partial charge in [0.15, 0.2) is 11.6 Å². The first-order valence-corrected chi connectivity index (χ1v) is 5.68. The third-order valence-electron chi connectivity index (χ3n) is 2.87. The van der Waals surface area contributed by atoms with Gasteiger partial charge in [-0.1, -0.05) is 6.07 Å². The Balaban J connectivity index is 0.00000180. The molecule has 1 saturated heterocycles. The number of ether oxygens (including phenoxy) is 1. The highest BCUT2D eigenvalue weighted by atomic mass is 35.5. The topological polar surface area (TPSA) is 55.6 Å². The van der Waals surface area contributed by atoms with Crippen molar-refractivity contribution in [2.24, 2.45) is 5.73 Å². The molecule has 1 aromatic rings. The summed E-state index contributed by atoms with van der Waals surface area (Å²) in [5.41, 5.74) is 5.20. The average molecular weight is 293 g/mol. The van der Waals surface area contributed by atoms with Crippen molar-refractivity contribution in [1.82, 2.24) is 4.90 Å². The van der Waals surface area contributed by atoms with E-state index in [1.807, 2.05) is 0 Å². The molecule has 1 heterocycles. The molecule has 1 aliphatic heterocycles. The van der Waals surface area contributed by atoms with Crippen LogP contribution in [0.3, 0.4) is 0 Å². The Morgan fingerprint density at radius 3 is 2.89 bits per heavy atom. The van der Waals surface area contributed by atoms with Crippen LogP contribution in [0.25, 0.3) is 0 Å². The molecule has 0 bridgehead atoms. The second-order valence-corrected chi connectivity index (χ2v) is 4.08. The molecule has 0 spiro atoms. The van der Waals surface area contributed by atoms with Crippen molar-refractivity contribution in [3.63, 3.8) is 0 Å². The number of nitrogens with zero attached hydrogens (tertiary/aromatic N) is 1. The number of benzene rings is 1. The summed E-state index contributed by atoms with van der Waals surface area (Å²) in [6.45, 7) is 1.29. The van der Waals surface area contributed by atoms with E-state index < -0.39 is 17.5 Å². The van der Waals surface area contributed by atoms with Crippen LogP contribution in [0.15, 0.2) is 18.2 Å². The predicted octanol–water partition coefficient (Wildman–Crippen LogP) is 1.19. The van der Waals surface area contributed by atoms with Gasteiger partial charge in [-0.3, -0.25) is 4.79 Å². The van der Waals surface area contributed by atoms with Crippen molar-refractivity contribution < 1.29 is 18.3 Å². The van der Waals surface area contributed by atoms with Gasteiger partial charge in [-0.2, -0.15) is 0 Å². The third-order valence-corrected chi connectivity index (χ3v) is 2.87. The standard InChI is InChI=1S/C12H14F2N2O2.ClH/c13-10-3-1-2-9(11(10)14)12(17)16-4-5-18-8(6-15)7-16;/h1-3,8H,4-7,15H2;1H. The molecule has 1 aliphatic rings. The summed E-state index contributed by atoms with van der Waals surface area (Å²) < 4.78 is 31.9. The third kappa shape index (κ3) is 3.40. The van der Waals surface area contributed by atoms with Crippen LogP contribution >= 0.6 is 12.4 Å². The van der Waals surface area contributed by atoms with Crippen LogP contribution in [0.5, 0.6) is 0 Å². The Morgan fingerprint density at radius 2 is 2.21 bits per heavy atom. The number of halogens is 3. The predicted molar refractivity (Wildman–Crippen MR) is 68.3 cm³/mol. The molecule has 1 amide bonds. The van der Waals surface area contributed by atoms with E-state index in [-0.39, 0.29) is 30.6 Å². The zero-order chi connectivity index (χ0) is 13.1. The lowest BCUT2D eigenvalue weighted by atomic mass is 10.1. The number of nitrogens with two attached hydrogens (primary N) is 1. The molecule has 7 heteroatoms. The zero-order valence-corrected chi connectivity index (χ0v) is 11.0. The lowest BCUT2D eigenvalue weighted by Gasteiger charge is -2.32. The molecule has 0 aromatic heterocycles. The van der Waals surface area contributed by atoms with Crippen LogP contribution in [0.4, 0.5) is 8.78 Å². The molecular weight excluding hydrogens is 278 g/mol. The summed E-state index contributed by atoms with van der Waals surface area (Å²) in [7, 11) is 0. The maximum Gasteiger partial charge on any atom is 0.257 e. The van der Waals surface area contributed by atoms with E-state index in [4.69, 9.17) is 10.5 Å². The van der Waals surface area contributed by atoms with Crippen LogP contribution in [-0.2, 0) is 4.74 Å². The number of morpholine rings is 1. The van der Waals surface area contributed by atoms with Gasteiger partial charge in [0.2, 0.25) is 0 Å². The molecule has 2 rings (SSSR count). The largest absolute Gasteiger partial charge is 0.373 e. The minimum Gasteiger partial charge on any atom is -0.373 e. The van der Waals surface area contributed by atoms with Crippen molar-refractivity contribution in [3.05, 3.63) is 35.4 Å². The first kappa shape index (κ1) is 15.8. The Bertz CT molecular complexity index is 459. The summed E-state index contributed by atoms with van der Waals surface area (Å²) in [5.74, 6) is -2.67. The van der Waals surface area contributed by atoms with E-state index in [2.05, 4.69) is 0 Å². The summed E-state index contributed by atoms with van der Waals surface area (Å²) in [6.07, 6.45) is -0.251. The summed E-state index contributed by atoms with van der Waals surface area (Å²) in [5, 5.41) is 0. The molecule has 2 N–H and O–H groups in total. The van der Waals surface area contributed by atoms with Gasteiger partial charge in [0, 0.05) is 19.6 Å². The van der Waals surface area contributed by atoms with Crippen molar-refractivity contribution in [1.29, 1.82) is 0 Å². The maximum absolute atomic E-state index is 13.5. The molecule has 1 aromatic carbocycles. The molecular formula is C12H15ClF2N2O2. The Hall–Kier alpha value is -1.24. The van der Waals surface area contributed by atoms with Crippen LogP contribution in [-0.4, -0.2) is 43.2 Å². The molecule has 4 nitrogen and oxygen atoms in total. The molecule has 1 fully saturated rings. The monoisotopic (exact) mass is 292 g/mol. The van der Waals surface area contributed by atoms with Gasteiger partial charge in [-0.25, -0.2) is 8.78 Å². The molecule has 19 heavy (non-hydrogen) atoms. The van der Waals surface area contributed by atoms with Crippen LogP contribution in [0.1, 0.15) is 10.4 Å². The van der Waals surface area contributed by atoms with Crippen LogP contribution < -0.4 is 5.73 Å². The quantitative estimate of drug-likeness (QED) is 0.891. The average Bonchev–Trinajstić information content (AvgIpc) is 2.41. The van der Waals surface area contributed by atoms with E-state index in [0.717, 1.165) is 6.07 Å². The molecule has 1 unspecified atom stereocenters. The van der Waals surface area contributed by atoms with E-state index in [9.17, 15) is 13.6 Å². The Kier molecular flexibility index (Phi) is 5.65. The number of hydrogen-bond acceptors (Lipinski definition) is 3. The van der Waals surface area contributed by atoms with Crippen LogP contribution in [0.2, 0.25) is 0 Å². The lowest BCUT2D eigenvalue weighted by Crippen LogP contribution is -2.48. The lowest BCUT2D eigenvalue weighted by molar-refractivity contribution is -0.0169. The second-order valence-electron chi connectivity index (χ2n) is 4.08. The summed E-state index contributed by atoms with van der Waals surface area (Å²) in [4.78, 5) is 13.5. The highest BCUT2D eigenvalue weighted by Gasteiger charge is 2.26. The number of carbonyl (C=O) groups excluding carboxylic acids is 1. The second kappa shape index (κ2) is 6.79. The first-order valence-electron chi connectivity index (χ1n) is 5.68. The van der Waals surface area contributed by atoms with Crippen molar-refractivity contribution in [2.45, 2.75) is 6.10 Å². The number of amides is 1. The summed E-state index contributed by atoms with van der Waals surface area (Å²) >= 11 is 0. The maximum atomic E-state index is 13.5. The van der Waals surface area contributed by atoms with Crippen LogP contribution in [0, 0.1) is 11.6 Å². The normalized spacial score (nSPS) is 18.9. The van der Waals surface area contributed by atoms with Gasteiger partial charge in [0.05, 0.1) is 18.3 Å². The summed E-state index contributed by atoms with van der Waals surface area (Å²) in [6, 6.07) is 3.56.